The zero-order chi connectivity index (χ0) is 18.9. The molecule has 0 atom stereocenters. The van der Waals surface area contributed by atoms with E-state index in [1.54, 1.807) is 0 Å². The molecule has 140 valence electrons. The van der Waals surface area contributed by atoms with Crippen LogP contribution in [0.2, 0.25) is 0 Å². The molecule has 1 N–H and O–H groups in total. The topological polar surface area (TPSA) is 65.0 Å². The highest BCUT2D eigenvalue weighted by atomic mass is 16.5. The normalized spacial score (nSPS) is 10.4. The molecule has 5 nitrogen and oxygen atoms in total. The number of benzene rings is 2. The van der Waals surface area contributed by atoms with Crippen LogP contribution in [0.4, 0.5) is 0 Å². The average Bonchev–Trinajstić information content (AvgIpc) is 2.57. The van der Waals surface area contributed by atoms with Crippen LogP contribution in [0.5, 0.6) is 17.2 Å². The maximum Gasteiger partial charge on any atom is 0.303 e. The molecule has 0 aliphatic rings. The highest BCUT2D eigenvalue weighted by Crippen LogP contribution is 2.29. The number of carboxylic acid groups (broad SMARTS) is 1. The molecule has 0 bridgehead atoms. The van der Waals surface area contributed by atoms with Crippen molar-refractivity contribution in [2.75, 3.05) is 19.8 Å². The van der Waals surface area contributed by atoms with Crippen LogP contribution in [0, 0.1) is 13.8 Å². The van der Waals surface area contributed by atoms with Crippen molar-refractivity contribution < 1.29 is 24.1 Å². The molecule has 0 heterocycles. The maximum absolute atomic E-state index is 10.7. The summed E-state index contributed by atoms with van der Waals surface area (Å²) in [5.41, 5.74) is 3.24. The Morgan fingerprint density at radius 2 is 1.62 bits per heavy atom. The number of carbonyl (C=O) groups is 1. The van der Waals surface area contributed by atoms with Crippen LogP contribution >= 0.6 is 0 Å². The van der Waals surface area contributed by atoms with Crippen LogP contribution in [-0.2, 0) is 11.2 Å². The van der Waals surface area contributed by atoms with Gasteiger partial charge in [-0.05, 0) is 68.1 Å². The number of rotatable bonds is 10. The molecule has 0 aliphatic carbocycles. The van der Waals surface area contributed by atoms with Crippen molar-refractivity contribution in [2.24, 2.45) is 0 Å². The number of carboxylic acids is 1. The molecule has 0 radical (unpaired) electrons. The number of aliphatic carboxylic acids is 1. The van der Waals surface area contributed by atoms with Gasteiger partial charge in [-0.25, -0.2) is 0 Å². The molecule has 0 unspecified atom stereocenters. The lowest BCUT2D eigenvalue weighted by atomic mass is 10.1. The van der Waals surface area contributed by atoms with Gasteiger partial charge in [-0.2, -0.15) is 0 Å². The molecule has 2 aromatic carbocycles. The van der Waals surface area contributed by atoms with E-state index in [1.807, 2.05) is 51.1 Å². The van der Waals surface area contributed by atoms with Gasteiger partial charge in [0, 0.05) is 6.42 Å². The van der Waals surface area contributed by atoms with E-state index in [-0.39, 0.29) is 6.42 Å². The Kier molecular flexibility index (Phi) is 7.33. The molecule has 0 fully saturated rings. The number of aryl methyl sites for hydroxylation is 3. The van der Waals surface area contributed by atoms with Gasteiger partial charge in [-0.3, -0.25) is 4.79 Å². The Hall–Kier alpha value is -2.69. The summed E-state index contributed by atoms with van der Waals surface area (Å²) >= 11 is 0. The zero-order valence-corrected chi connectivity index (χ0v) is 15.6. The molecule has 2 rings (SSSR count). The minimum absolute atomic E-state index is 0.0928. The largest absolute Gasteiger partial charge is 0.490 e. The van der Waals surface area contributed by atoms with Gasteiger partial charge >= 0.3 is 5.97 Å². The summed E-state index contributed by atoms with van der Waals surface area (Å²) in [6, 6.07) is 11.6. The van der Waals surface area contributed by atoms with Crippen molar-refractivity contribution in [3.8, 4) is 17.2 Å². The Morgan fingerprint density at radius 3 is 2.27 bits per heavy atom. The van der Waals surface area contributed by atoms with Gasteiger partial charge in [-0.15, -0.1) is 0 Å². The zero-order valence-electron chi connectivity index (χ0n) is 15.6. The summed E-state index contributed by atoms with van der Waals surface area (Å²) in [6.45, 7) is 7.30. The molecule has 0 aromatic heterocycles. The highest BCUT2D eigenvalue weighted by Gasteiger charge is 2.08. The molecule has 0 aliphatic heterocycles. The standard InChI is InChI=1S/C21H26O5/c1-4-24-20-14-17(6-8-21(22)23)5-7-19(20)26-10-9-25-18-12-15(2)11-16(3)13-18/h5,7,11-14H,4,6,8-10H2,1-3H3,(H,22,23). The molecule has 0 saturated carbocycles. The monoisotopic (exact) mass is 358 g/mol. The number of ether oxygens (including phenoxy) is 3. The average molecular weight is 358 g/mol. The van der Waals surface area contributed by atoms with Crippen molar-refractivity contribution in [3.63, 3.8) is 0 Å². The van der Waals surface area contributed by atoms with Gasteiger partial charge < -0.3 is 19.3 Å². The Labute approximate surface area is 154 Å². The van der Waals surface area contributed by atoms with Gasteiger partial charge in [0.1, 0.15) is 19.0 Å². The van der Waals surface area contributed by atoms with Crippen molar-refractivity contribution in [2.45, 2.75) is 33.6 Å². The van der Waals surface area contributed by atoms with Gasteiger partial charge in [0.05, 0.1) is 6.61 Å². The second-order valence-electron chi connectivity index (χ2n) is 6.13. The first-order valence-corrected chi connectivity index (χ1v) is 8.79. The smallest absolute Gasteiger partial charge is 0.303 e. The molecule has 2 aromatic rings. The van der Waals surface area contributed by atoms with E-state index in [0.717, 1.165) is 22.4 Å². The second-order valence-corrected chi connectivity index (χ2v) is 6.13. The fourth-order valence-corrected chi connectivity index (χ4v) is 2.67. The van der Waals surface area contributed by atoms with E-state index in [1.165, 1.54) is 0 Å². The first kappa shape index (κ1) is 19.6. The summed E-state index contributed by atoms with van der Waals surface area (Å²) in [5, 5.41) is 8.80. The third kappa shape index (κ3) is 6.31. The first-order chi connectivity index (χ1) is 12.5. The summed E-state index contributed by atoms with van der Waals surface area (Å²) < 4.78 is 17.2. The molecule has 0 saturated heterocycles. The minimum Gasteiger partial charge on any atom is -0.490 e. The van der Waals surface area contributed by atoms with Crippen LogP contribution < -0.4 is 14.2 Å². The summed E-state index contributed by atoms with van der Waals surface area (Å²) in [7, 11) is 0. The summed E-state index contributed by atoms with van der Waals surface area (Å²) in [6.07, 6.45) is 0.557. The predicted octanol–water partition coefficient (Wildman–Crippen LogP) is 4.18. The highest BCUT2D eigenvalue weighted by molar-refractivity contribution is 5.67. The molecule has 0 spiro atoms. The quantitative estimate of drug-likeness (QED) is 0.646. The Morgan fingerprint density at radius 1 is 0.923 bits per heavy atom. The van der Waals surface area contributed by atoms with E-state index in [2.05, 4.69) is 6.07 Å². The Balaban J connectivity index is 1.91. The van der Waals surface area contributed by atoms with E-state index < -0.39 is 5.97 Å². The SMILES string of the molecule is CCOc1cc(CCC(=O)O)ccc1OCCOc1cc(C)cc(C)c1. The van der Waals surface area contributed by atoms with Crippen LogP contribution in [0.25, 0.3) is 0 Å². The fraction of sp³-hybridized carbons (Fsp3) is 0.381. The fourth-order valence-electron chi connectivity index (χ4n) is 2.67. The van der Waals surface area contributed by atoms with Crippen molar-refractivity contribution in [3.05, 3.63) is 53.1 Å². The molecule has 5 heteroatoms. The lowest BCUT2D eigenvalue weighted by molar-refractivity contribution is -0.136. The Bertz CT molecular complexity index is 719. The van der Waals surface area contributed by atoms with Crippen molar-refractivity contribution in [1.82, 2.24) is 0 Å². The summed E-state index contributed by atoms with van der Waals surface area (Å²) in [4.78, 5) is 10.7. The maximum atomic E-state index is 10.7. The third-order valence-corrected chi connectivity index (χ3v) is 3.74. The van der Waals surface area contributed by atoms with Gasteiger partial charge in [0.15, 0.2) is 11.5 Å². The van der Waals surface area contributed by atoms with Gasteiger partial charge in [0.25, 0.3) is 0 Å². The lowest BCUT2D eigenvalue weighted by Crippen LogP contribution is -2.10. The van der Waals surface area contributed by atoms with E-state index in [0.29, 0.717) is 37.7 Å². The van der Waals surface area contributed by atoms with Crippen LogP contribution in [0.3, 0.4) is 0 Å². The van der Waals surface area contributed by atoms with Crippen LogP contribution in [0.15, 0.2) is 36.4 Å². The van der Waals surface area contributed by atoms with Crippen molar-refractivity contribution in [1.29, 1.82) is 0 Å². The second kappa shape index (κ2) is 9.70. The van der Waals surface area contributed by atoms with E-state index in [4.69, 9.17) is 19.3 Å². The lowest BCUT2D eigenvalue weighted by Gasteiger charge is -2.14. The van der Waals surface area contributed by atoms with Crippen LogP contribution in [0.1, 0.15) is 30.0 Å². The molecule has 0 amide bonds. The number of hydrogen-bond donors (Lipinski definition) is 1. The third-order valence-electron chi connectivity index (χ3n) is 3.74. The number of hydrogen-bond acceptors (Lipinski definition) is 4. The van der Waals surface area contributed by atoms with Gasteiger partial charge in [0.2, 0.25) is 0 Å². The predicted molar refractivity (Wildman–Crippen MR) is 100 cm³/mol. The van der Waals surface area contributed by atoms with E-state index in [9.17, 15) is 4.79 Å². The van der Waals surface area contributed by atoms with Crippen molar-refractivity contribution >= 4 is 5.97 Å². The van der Waals surface area contributed by atoms with E-state index >= 15 is 0 Å². The van der Waals surface area contributed by atoms with Crippen LogP contribution in [-0.4, -0.2) is 30.9 Å². The molecular formula is C21H26O5. The molecular weight excluding hydrogens is 332 g/mol. The minimum atomic E-state index is -0.813. The van der Waals surface area contributed by atoms with Gasteiger partial charge in [-0.1, -0.05) is 12.1 Å². The summed E-state index contributed by atoms with van der Waals surface area (Å²) in [5.74, 6) is 1.28. The first-order valence-electron chi connectivity index (χ1n) is 8.79. The molecule has 26 heavy (non-hydrogen) atoms.